The van der Waals surface area contributed by atoms with Crippen LogP contribution in [0.5, 0.6) is 0 Å². The van der Waals surface area contributed by atoms with Gasteiger partial charge in [0.1, 0.15) is 6.04 Å². The standard InChI is InChI=1S/C12H23N3O4/c1-2-3-4-7-10(16)15-9(11(17)18)6-5-8-14-12(13)19/h9H,2-8H2,1H3,(H,15,16)(H,17,18)(H3,13,14,19). The molecule has 1 unspecified atom stereocenters. The van der Waals surface area contributed by atoms with Crippen molar-refractivity contribution in [2.75, 3.05) is 6.54 Å². The number of carbonyl (C=O) groups excluding carboxylic acids is 2. The van der Waals surface area contributed by atoms with Crippen molar-refractivity contribution < 1.29 is 19.5 Å². The topological polar surface area (TPSA) is 122 Å². The maximum Gasteiger partial charge on any atom is 0.326 e. The van der Waals surface area contributed by atoms with Crippen molar-refractivity contribution in [2.45, 2.75) is 51.5 Å². The summed E-state index contributed by atoms with van der Waals surface area (Å²) in [5.74, 6) is -1.31. The van der Waals surface area contributed by atoms with Crippen molar-refractivity contribution >= 4 is 17.9 Å². The molecule has 0 saturated heterocycles. The average molecular weight is 273 g/mol. The summed E-state index contributed by atoms with van der Waals surface area (Å²) in [5, 5.41) is 13.8. The SMILES string of the molecule is CCCCCC(=O)NC(CCCNC(N)=O)C(=O)O. The fourth-order valence-electron chi connectivity index (χ4n) is 1.58. The van der Waals surface area contributed by atoms with Crippen molar-refractivity contribution in [3.05, 3.63) is 0 Å². The molecule has 0 aliphatic heterocycles. The minimum atomic E-state index is -1.07. The zero-order valence-electron chi connectivity index (χ0n) is 11.3. The molecule has 0 fully saturated rings. The Morgan fingerprint density at radius 2 is 1.89 bits per heavy atom. The van der Waals surface area contributed by atoms with Crippen LogP contribution in [-0.2, 0) is 9.59 Å². The van der Waals surface area contributed by atoms with E-state index in [2.05, 4.69) is 10.6 Å². The van der Waals surface area contributed by atoms with Crippen LogP contribution in [0.4, 0.5) is 4.79 Å². The zero-order chi connectivity index (χ0) is 14.7. The molecule has 0 aromatic heterocycles. The second-order valence-corrected chi connectivity index (χ2v) is 4.35. The van der Waals surface area contributed by atoms with Crippen LogP contribution >= 0.6 is 0 Å². The minimum absolute atomic E-state index is 0.247. The van der Waals surface area contributed by atoms with Crippen LogP contribution in [0.25, 0.3) is 0 Å². The van der Waals surface area contributed by atoms with Crippen LogP contribution in [-0.4, -0.2) is 35.6 Å². The maximum absolute atomic E-state index is 11.5. The van der Waals surface area contributed by atoms with E-state index in [-0.39, 0.29) is 12.3 Å². The number of nitrogens with one attached hydrogen (secondary N) is 2. The van der Waals surface area contributed by atoms with Gasteiger partial charge in [-0.1, -0.05) is 19.8 Å². The molecular formula is C12H23N3O4. The lowest BCUT2D eigenvalue weighted by Gasteiger charge is -2.14. The molecule has 0 bridgehead atoms. The number of carboxylic acids is 1. The first-order chi connectivity index (χ1) is 8.97. The molecule has 0 aliphatic carbocycles. The summed E-state index contributed by atoms with van der Waals surface area (Å²) in [6, 6.07) is -1.56. The third-order valence-electron chi connectivity index (χ3n) is 2.61. The molecule has 0 aromatic rings. The highest BCUT2D eigenvalue weighted by Crippen LogP contribution is 2.02. The van der Waals surface area contributed by atoms with Gasteiger partial charge in [-0.15, -0.1) is 0 Å². The Balaban J connectivity index is 3.94. The Kier molecular flexibility index (Phi) is 9.20. The summed E-state index contributed by atoms with van der Waals surface area (Å²) in [5.41, 5.74) is 4.88. The van der Waals surface area contributed by atoms with Crippen molar-refractivity contribution in [3.8, 4) is 0 Å². The molecule has 0 radical (unpaired) electrons. The molecule has 1 atom stereocenters. The van der Waals surface area contributed by atoms with Gasteiger partial charge in [0.25, 0.3) is 0 Å². The summed E-state index contributed by atoms with van der Waals surface area (Å²) in [4.78, 5) is 32.9. The molecule has 3 amide bonds. The van der Waals surface area contributed by atoms with Gasteiger partial charge in [-0.25, -0.2) is 9.59 Å². The van der Waals surface area contributed by atoms with E-state index in [1.54, 1.807) is 0 Å². The van der Waals surface area contributed by atoms with Crippen molar-refractivity contribution in [1.82, 2.24) is 10.6 Å². The van der Waals surface area contributed by atoms with Crippen LogP contribution in [0.2, 0.25) is 0 Å². The van der Waals surface area contributed by atoms with Crippen LogP contribution in [0, 0.1) is 0 Å². The zero-order valence-corrected chi connectivity index (χ0v) is 11.3. The van der Waals surface area contributed by atoms with Gasteiger partial charge >= 0.3 is 12.0 Å². The number of urea groups is 1. The van der Waals surface area contributed by atoms with Gasteiger partial charge in [-0.2, -0.15) is 0 Å². The first kappa shape index (κ1) is 17.2. The average Bonchev–Trinajstić information content (AvgIpc) is 2.32. The number of primary amides is 1. The second-order valence-electron chi connectivity index (χ2n) is 4.35. The quantitative estimate of drug-likeness (QED) is 0.435. The molecule has 110 valence electrons. The molecule has 0 rings (SSSR count). The van der Waals surface area contributed by atoms with Gasteiger partial charge in [-0.05, 0) is 19.3 Å². The third-order valence-corrected chi connectivity index (χ3v) is 2.61. The van der Waals surface area contributed by atoms with E-state index in [1.165, 1.54) is 0 Å². The first-order valence-corrected chi connectivity index (χ1v) is 6.52. The van der Waals surface area contributed by atoms with E-state index in [1.807, 2.05) is 6.92 Å². The highest BCUT2D eigenvalue weighted by atomic mass is 16.4. The largest absolute Gasteiger partial charge is 0.480 e. The Morgan fingerprint density at radius 1 is 1.21 bits per heavy atom. The minimum Gasteiger partial charge on any atom is -0.480 e. The highest BCUT2D eigenvalue weighted by molar-refractivity contribution is 5.83. The number of carboxylic acid groups (broad SMARTS) is 1. The van der Waals surface area contributed by atoms with Gasteiger partial charge < -0.3 is 21.5 Å². The number of hydrogen-bond acceptors (Lipinski definition) is 3. The number of aliphatic carboxylic acids is 1. The number of carbonyl (C=O) groups is 3. The lowest BCUT2D eigenvalue weighted by Crippen LogP contribution is -2.41. The molecule has 0 saturated carbocycles. The molecular weight excluding hydrogens is 250 g/mol. The maximum atomic E-state index is 11.5. The third kappa shape index (κ3) is 9.87. The number of rotatable bonds is 10. The molecule has 0 heterocycles. The lowest BCUT2D eigenvalue weighted by atomic mass is 10.1. The molecule has 0 spiro atoms. The normalized spacial score (nSPS) is 11.6. The summed E-state index contributed by atoms with van der Waals surface area (Å²) in [6.45, 7) is 2.33. The number of unbranched alkanes of at least 4 members (excludes halogenated alkanes) is 2. The summed E-state index contributed by atoms with van der Waals surface area (Å²) in [7, 11) is 0. The molecule has 0 aromatic carbocycles. The van der Waals surface area contributed by atoms with Gasteiger partial charge in [0.15, 0.2) is 0 Å². The summed E-state index contributed by atoms with van der Waals surface area (Å²) in [6.07, 6.45) is 3.77. The van der Waals surface area contributed by atoms with Gasteiger partial charge in [-0.3, -0.25) is 4.79 Å². The smallest absolute Gasteiger partial charge is 0.326 e. The van der Waals surface area contributed by atoms with Gasteiger partial charge in [0.05, 0.1) is 0 Å². The number of amides is 3. The van der Waals surface area contributed by atoms with Crippen molar-refractivity contribution in [2.24, 2.45) is 5.73 Å². The van der Waals surface area contributed by atoms with E-state index in [0.29, 0.717) is 19.4 Å². The fourth-order valence-corrected chi connectivity index (χ4v) is 1.58. The van der Waals surface area contributed by atoms with E-state index in [0.717, 1.165) is 19.3 Å². The van der Waals surface area contributed by atoms with E-state index < -0.39 is 18.0 Å². The second kappa shape index (κ2) is 10.2. The number of hydrogen-bond donors (Lipinski definition) is 4. The highest BCUT2D eigenvalue weighted by Gasteiger charge is 2.18. The van der Waals surface area contributed by atoms with Crippen LogP contribution < -0.4 is 16.4 Å². The van der Waals surface area contributed by atoms with Gasteiger partial charge in [0.2, 0.25) is 5.91 Å². The molecule has 7 heteroatoms. The molecule has 19 heavy (non-hydrogen) atoms. The monoisotopic (exact) mass is 273 g/mol. The first-order valence-electron chi connectivity index (χ1n) is 6.52. The molecule has 5 N–H and O–H groups in total. The fraction of sp³-hybridized carbons (Fsp3) is 0.750. The Labute approximate surface area is 112 Å². The van der Waals surface area contributed by atoms with Crippen LogP contribution in [0.1, 0.15) is 45.4 Å². The predicted molar refractivity (Wildman–Crippen MR) is 70.5 cm³/mol. The van der Waals surface area contributed by atoms with Gasteiger partial charge in [0, 0.05) is 13.0 Å². The molecule has 7 nitrogen and oxygen atoms in total. The summed E-state index contributed by atoms with van der Waals surface area (Å²) < 4.78 is 0. The van der Waals surface area contributed by atoms with E-state index in [4.69, 9.17) is 10.8 Å². The van der Waals surface area contributed by atoms with Crippen LogP contribution in [0.15, 0.2) is 0 Å². The number of nitrogens with two attached hydrogens (primary N) is 1. The van der Waals surface area contributed by atoms with Crippen LogP contribution in [0.3, 0.4) is 0 Å². The predicted octanol–water partition coefficient (Wildman–Crippen LogP) is 0.585. The van der Waals surface area contributed by atoms with E-state index in [9.17, 15) is 14.4 Å². The Bertz CT molecular complexity index is 307. The van der Waals surface area contributed by atoms with Crippen molar-refractivity contribution in [3.63, 3.8) is 0 Å². The Morgan fingerprint density at radius 3 is 2.42 bits per heavy atom. The lowest BCUT2D eigenvalue weighted by molar-refractivity contribution is -0.142. The summed E-state index contributed by atoms with van der Waals surface area (Å²) >= 11 is 0. The molecule has 0 aliphatic rings. The van der Waals surface area contributed by atoms with Crippen molar-refractivity contribution in [1.29, 1.82) is 0 Å². The van der Waals surface area contributed by atoms with E-state index >= 15 is 0 Å². The Hall–Kier alpha value is -1.79.